The van der Waals surface area contributed by atoms with Gasteiger partial charge in [0, 0.05) is 31.2 Å². The second-order valence-corrected chi connectivity index (χ2v) is 11.7. The summed E-state index contributed by atoms with van der Waals surface area (Å²) in [6, 6.07) is 3.65. The Morgan fingerprint density at radius 3 is 2.55 bits per heavy atom. The molecule has 0 saturated carbocycles. The monoisotopic (exact) mass is 551 g/mol. The molecule has 0 spiro atoms. The van der Waals surface area contributed by atoms with E-state index in [1.807, 2.05) is 20.8 Å². The summed E-state index contributed by atoms with van der Waals surface area (Å²) in [7, 11) is -2.38. The van der Waals surface area contributed by atoms with Crippen molar-refractivity contribution in [2.45, 2.75) is 64.6 Å². The average molecular weight is 552 g/mol. The maximum absolute atomic E-state index is 13.6. The van der Waals surface area contributed by atoms with Crippen LogP contribution in [0.1, 0.15) is 49.5 Å². The van der Waals surface area contributed by atoms with E-state index < -0.39 is 28.1 Å². The molecule has 2 heterocycles. The first-order valence-electron chi connectivity index (χ1n) is 12.4. The number of amides is 3. The molecule has 3 amide bonds. The summed E-state index contributed by atoms with van der Waals surface area (Å²) in [5.74, 6) is -0.199. The third-order valence-electron chi connectivity index (χ3n) is 6.37. The highest BCUT2D eigenvalue weighted by Gasteiger charge is 2.34. The SMILES string of the molecule is Cc1noc(C)c1S(=O)(=O)Nc1ccc2c(c1)C(=O)N([C@@H](C)CO)C[C@@H](C)[C@H](CN(C)C(=O)NC(C)C)O2. The van der Waals surface area contributed by atoms with E-state index in [9.17, 15) is 23.1 Å². The zero-order valence-electron chi connectivity index (χ0n) is 22.8. The van der Waals surface area contributed by atoms with Crippen LogP contribution in [-0.4, -0.2) is 85.4 Å². The zero-order chi connectivity index (χ0) is 28.4. The molecule has 13 heteroatoms. The number of hydrogen-bond donors (Lipinski definition) is 3. The summed E-state index contributed by atoms with van der Waals surface area (Å²) >= 11 is 0. The van der Waals surface area contributed by atoms with Crippen LogP contribution in [-0.2, 0) is 10.0 Å². The number of hydrogen-bond acceptors (Lipinski definition) is 8. The van der Waals surface area contributed by atoms with Gasteiger partial charge >= 0.3 is 6.03 Å². The van der Waals surface area contributed by atoms with Crippen LogP contribution in [0.5, 0.6) is 5.75 Å². The van der Waals surface area contributed by atoms with Crippen LogP contribution in [0.2, 0.25) is 0 Å². The van der Waals surface area contributed by atoms with Crippen LogP contribution >= 0.6 is 0 Å². The van der Waals surface area contributed by atoms with Crippen molar-refractivity contribution in [2.24, 2.45) is 5.92 Å². The number of fused-ring (bicyclic) bond motifs is 1. The van der Waals surface area contributed by atoms with Crippen molar-refractivity contribution < 1.29 is 32.4 Å². The molecule has 1 aromatic heterocycles. The molecule has 1 aliphatic heterocycles. The predicted octanol–water partition coefficient (Wildman–Crippen LogP) is 2.36. The number of likely N-dealkylation sites (N-methyl/N-ethyl adjacent to an activating group) is 1. The van der Waals surface area contributed by atoms with Gasteiger partial charge in [-0.1, -0.05) is 12.1 Å². The number of aromatic nitrogens is 1. The zero-order valence-corrected chi connectivity index (χ0v) is 23.6. The quantitative estimate of drug-likeness (QED) is 0.452. The molecule has 3 N–H and O–H groups in total. The van der Waals surface area contributed by atoms with Gasteiger partial charge in [0.1, 0.15) is 17.5 Å². The molecule has 0 radical (unpaired) electrons. The van der Waals surface area contributed by atoms with E-state index in [-0.39, 0.29) is 71.0 Å². The fourth-order valence-corrected chi connectivity index (χ4v) is 5.66. The van der Waals surface area contributed by atoms with Crippen LogP contribution in [0.15, 0.2) is 27.6 Å². The highest BCUT2D eigenvalue weighted by molar-refractivity contribution is 7.92. The minimum Gasteiger partial charge on any atom is -0.487 e. The lowest BCUT2D eigenvalue weighted by Gasteiger charge is -2.38. The number of nitrogens with one attached hydrogen (secondary N) is 2. The van der Waals surface area contributed by atoms with E-state index in [4.69, 9.17) is 9.26 Å². The lowest BCUT2D eigenvalue weighted by Crippen LogP contribution is -2.51. The van der Waals surface area contributed by atoms with E-state index in [0.29, 0.717) is 0 Å². The summed E-state index contributed by atoms with van der Waals surface area (Å²) in [6.45, 7) is 10.7. The van der Waals surface area contributed by atoms with Crippen LogP contribution in [0, 0.1) is 19.8 Å². The lowest BCUT2D eigenvalue weighted by atomic mass is 9.99. The molecule has 0 fully saturated rings. The summed E-state index contributed by atoms with van der Waals surface area (Å²) < 4.78 is 39.8. The van der Waals surface area contributed by atoms with Gasteiger partial charge in [-0.25, -0.2) is 13.2 Å². The minimum atomic E-state index is -4.04. The summed E-state index contributed by atoms with van der Waals surface area (Å²) in [5, 5.41) is 16.4. The number of aryl methyl sites for hydroxylation is 2. The van der Waals surface area contributed by atoms with E-state index in [1.54, 1.807) is 18.9 Å². The standard InChI is InChI=1S/C25H37N5O7S/c1-14(2)26-25(33)29(7)12-22-15(3)11-30(16(4)13-31)24(32)20-10-19(8-9-21(20)36-22)28-38(34,35)23-17(5)27-37-18(23)6/h8-10,14-16,22,28,31H,11-13H2,1-7H3,(H,26,33)/t15-,16+,22+/m1/s1. The molecular formula is C25H37N5O7S. The second-order valence-electron chi connectivity index (χ2n) is 10.1. The number of carbonyl (C=O) groups is 2. The number of carbonyl (C=O) groups excluding carboxylic acids is 2. The van der Waals surface area contributed by atoms with Crippen molar-refractivity contribution in [3.63, 3.8) is 0 Å². The van der Waals surface area contributed by atoms with Crippen molar-refractivity contribution >= 4 is 27.6 Å². The predicted molar refractivity (Wildman–Crippen MR) is 141 cm³/mol. The van der Waals surface area contributed by atoms with Crippen LogP contribution in [0.4, 0.5) is 10.5 Å². The maximum atomic E-state index is 13.6. The summed E-state index contributed by atoms with van der Waals surface area (Å²) in [4.78, 5) is 29.1. The molecule has 3 rings (SSSR count). The second kappa shape index (κ2) is 11.6. The van der Waals surface area contributed by atoms with Gasteiger partial charge in [0.05, 0.1) is 24.8 Å². The Bertz CT molecular complexity index is 1260. The van der Waals surface area contributed by atoms with Crippen molar-refractivity contribution in [2.75, 3.05) is 31.5 Å². The highest BCUT2D eigenvalue weighted by atomic mass is 32.2. The first-order chi connectivity index (χ1) is 17.7. The summed E-state index contributed by atoms with van der Waals surface area (Å²) in [6.07, 6.45) is -0.483. The fourth-order valence-electron chi connectivity index (χ4n) is 4.28. The number of aliphatic hydroxyl groups excluding tert-OH is 1. The smallest absolute Gasteiger partial charge is 0.317 e. The van der Waals surface area contributed by atoms with Crippen molar-refractivity contribution in [3.8, 4) is 5.75 Å². The van der Waals surface area contributed by atoms with Crippen molar-refractivity contribution in [1.29, 1.82) is 0 Å². The topological polar surface area (TPSA) is 154 Å². The fraction of sp³-hybridized carbons (Fsp3) is 0.560. The Morgan fingerprint density at radius 2 is 1.97 bits per heavy atom. The highest BCUT2D eigenvalue weighted by Crippen LogP contribution is 2.32. The van der Waals surface area contributed by atoms with Gasteiger partial charge in [-0.3, -0.25) is 9.52 Å². The van der Waals surface area contributed by atoms with E-state index in [0.717, 1.165) is 0 Å². The molecule has 0 bridgehead atoms. The number of ether oxygens (including phenoxy) is 1. The number of benzene rings is 1. The van der Waals surface area contributed by atoms with E-state index in [1.165, 1.54) is 36.9 Å². The Morgan fingerprint density at radius 1 is 1.29 bits per heavy atom. The number of urea groups is 1. The number of nitrogens with zero attached hydrogens (tertiary/aromatic N) is 3. The normalized spacial score (nSPS) is 18.8. The van der Waals surface area contributed by atoms with Gasteiger partial charge in [-0.2, -0.15) is 0 Å². The first kappa shape index (κ1) is 29.2. The van der Waals surface area contributed by atoms with Gasteiger partial charge in [-0.15, -0.1) is 0 Å². The first-order valence-corrected chi connectivity index (χ1v) is 13.9. The van der Waals surface area contributed by atoms with Crippen LogP contribution in [0.25, 0.3) is 0 Å². The third kappa shape index (κ3) is 6.38. The van der Waals surface area contributed by atoms with Gasteiger partial charge in [0.15, 0.2) is 10.7 Å². The third-order valence-corrected chi connectivity index (χ3v) is 7.99. The van der Waals surface area contributed by atoms with E-state index in [2.05, 4.69) is 15.2 Å². The number of aliphatic hydroxyl groups is 1. The molecule has 0 saturated heterocycles. The molecule has 3 atom stereocenters. The molecule has 0 aliphatic carbocycles. The minimum absolute atomic E-state index is 0.0347. The van der Waals surface area contributed by atoms with Crippen LogP contribution < -0.4 is 14.8 Å². The number of anilines is 1. The van der Waals surface area contributed by atoms with Crippen LogP contribution in [0.3, 0.4) is 0 Å². The van der Waals surface area contributed by atoms with Gasteiger partial charge in [-0.05, 0) is 52.8 Å². The largest absolute Gasteiger partial charge is 0.487 e. The summed E-state index contributed by atoms with van der Waals surface area (Å²) in [5.41, 5.74) is 0.498. The Hall–Kier alpha value is -3.32. The molecule has 2 aromatic rings. The number of rotatable bonds is 8. The van der Waals surface area contributed by atoms with Gasteiger partial charge < -0.3 is 29.5 Å². The molecule has 1 aliphatic rings. The Kier molecular flexibility index (Phi) is 8.93. The molecule has 210 valence electrons. The molecule has 0 unspecified atom stereocenters. The molecule has 38 heavy (non-hydrogen) atoms. The molecule has 12 nitrogen and oxygen atoms in total. The van der Waals surface area contributed by atoms with Gasteiger partial charge in [0.2, 0.25) is 0 Å². The Labute approximate surface area is 223 Å². The molecular weight excluding hydrogens is 514 g/mol. The lowest BCUT2D eigenvalue weighted by molar-refractivity contribution is 0.0366. The molecule has 1 aromatic carbocycles. The van der Waals surface area contributed by atoms with Crippen molar-refractivity contribution in [1.82, 2.24) is 20.3 Å². The number of sulfonamides is 1. The maximum Gasteiger partial charge on any atom is 0.317 e. The van der Waals surface area contributed by atoms with Gasteiger partial charge in [0.25, 0.3) is 15.9 Å². The Balaban J connectivity index is 1.98. The average Bonchev–Trinajstić information content (AvgIpc) is 3.19. The van der Waals surface area contributed by atoms with E-state index >= 15 is 0 Å². The van der Waals surface area contributed by atoms with Crippen molar-refractivity contribution in [3.05, 3.63) is 35.2 Å².